The molecule has 164 valence electrons. The van der Waals surface area contributed by atoms with Crippen LogP contribution >= 0.6 is 0 Å². The van der Waals surface area contributed by atoms with Gasteiger partial charge in [-0.3, -0.25) is 0 Å². The summed E-state index contributed by atoms with van der Waals surface area (Å²) in [5, 5.41) is 2.74. The van der Waals surface area contributed by atoms with Crippen molar-refractivity contribution in [2.45, 2.75) is 19.9 Å². The third-order valence-corrected chi connectivity index (χ3v) is 5.61. The van der Waals surface area contributed by atoms with Crippen molar-refractivity contribution in [1.82, 2.24) is 0 Å². The van der Waals surface area contributed by atoms with Gasteiger partial charge < -0.3 is 19.9 Å². The molecule has 0 bridgehead atoms. The first-order valence-corrected chi connectivity index (χ1v) is 11.0. The summed E-state index contributed by atoms with van der Waals surface area (Å²) in [6, 6.07) is 26.9. The van der Waals surface area contributed by atoms with Gasteiger partial charge in [0.15, 0.2) is 11.5 Å². The molecule has 1 aliphatic heterocycles. The Labute approximate surface area is 189 Å². The Hall–Kier alpha value is -3.50. The number of hydrogen-bond acceptors (Lipinski definition) is 4. The highest BCUT2D eigenvalue weighted by atomic mass is 16.6. The van der Waals surface area contributed by atoms with E-state index in [-0.39, 0.29) is 0 Å². The molecule has 0 saturated carbocycles. The second kappa shape index (κ2) is 10.2. The van der Waals surface area contributed by atoms with Crippen LogP contribution in [-0.2, 0) is 13.0 Å². The average molecular weight is 428 g/mol. The molecule has 0 amide bonds. The van der Waals surface area contributed by atoms with Crippen LogP contribution < -0.4 is 19.9 Å². The number of methoxy groups -OCH3 is 1. The SMILES string of the molecule is CCc1cccc2ccccc12.COc1ccc(CN)cc1-c1ccc2c(c1)OCCO2. The van der Waals surface area contributed by atoms with Crippen molar-refractivity contribution in [2.24, 2.45) is 5.73 Å². The van der Waals surface area contributed by atoms with E-state index in [2.05, 4.69) is 49.4 Å². The van der Waals surface area contributed by atoms with E-state index in [0.29, 0.717) is 19.8 Å². The molecule has 1 aliphatic rings. The summed E-state index contributed by atoms with van der Waals surface area (Å²) < 4.78 is 16.6. The average Bonchev–Trinajstić information content (AvgIpc) is 2.88. The van der Waals surface area contributed by atoms with Crippen molar-refractivity contribution in [3.63, 3.8) is 0 Å². The van der Waals surface area contributed by atoms with Gasteiger partial charge in [0.2, 0.25) is 0 Å². The van der Waals surface area contributed by atoms with E-state index >= 15 is 0 Å². The molecular formula is C28H29NO3. The van der Waals surface area contributed by atoms with Gasteiger partial charge >= 0.3 is 0 Å². The van der Waals surface area contributed by atoms with Crippen LogP contribution in [0.15, 0.2) is 78.9 Å². The van der Waals surface area contributed by atoms with Crippen LogP contribution in [0.1, 0.15) is 18.1 Å². The Kier molecular flexibility index (Phi) is 6.93. The normalized spacial score (nSPS) is 12.1. The summed E-state index contributed by atoms with van der Waals surface area (Å²) in [6.07, 6.45) is 1.11. The first-order valence-electron chi connectivity index (χ1n) is 11.0. The second-order valence-corrected chi connectivity index (χ2v) is 7.59. The summed E-state index contributed by atoms with van der Waals surface area (Å²) in [5.74, 6) is 2.38. The second-order valence-electron chi connectivity index (χ2n) is 7.59. The van der Waals surface area contributed by atoms with Gasteiger partial charge in [-0.1, -0.05) is 61.5 Å². The lowest BCUT2D eigenvalue weighted by atomic mass is 10.0. The summed E-state index contributed by atoms with van der Waals surface area (Å²) >= 11 is 0. The first-order chi connectivity index (χ1) is 15.7. The molecule has 0 aromatic heterocycles. The topological polar surface area (TPSA) is 53.7 Å². The maximum absolute atomic E-state index is 5.71. The highest BCUT2D eigenvalue weighted by Gasteiger charge is 2.14. The molecule has 0 aliphatic carbocycles. The van der Waals surface area contributed by atoms with Gasteiger partial charge in [0.05, 0.1) is 7.11 Å². The fraction of sp³-hybridized carbons (Fsp3) is 0.214. The number of nitrogens with two attached hydrogens (primary N) is 1. The third-order valence-electron chi connectivity index (χ3n) is 5.61. The maximum Gasteiger partial charge on any atom is 0.161 e. The minimum atomic E-state index is 0.502. The van der Waals surface area contributed by atoms with E-state index in [4.69, 9.17) is 19.9 Å². The van der Waals surface area contributed by atoms with Gasteiger partial charge in [0, 0.05) is 12.1 Å². The largest absolute Gasteiger partial charge is 0.496 e. The smallest absolute Gasteiger partial charge is 0.161 e. The fourth-order valence-corrected chi connectivity index (χ4v) is 3.92. The van der Waals surface area contributed by atoms with Crippen LogP contribution in [0.3, 0.4) is 0 Å². The Morgan fingerprint density at radius 3 is 2.41 bits per heavy atom. The van der Waals surface area contributed by atoms with Crippen LogP contribution in [0.2, 0.25) is 0 Å². The Morgan fingerprint density at radius 1 is 0.844 bits per heavy atom. The number of rotatable bonds is 4. The van der Waals surface area contributed by atoms with Crippen molar-refractivity contribution in [1.29, 1.82) is 0 Å². The molecule has 0 atom stereocenters. The van der Waals surface area contributed by atoms with Crippen LogP contribution in [0.25, 0.3) is 21.9 Å². The molecule has 1 heterocycles. The van der Waals surface area contributed by atoms with Gasteiger partial charge in [-0.05, 0) is 58.1 Å². The lowest BCUT2D eigenvalue weighted by molar-refractivity contribution is 0.171. The van der Waals surface area contributed by atoms with Gasteiger partial charge in [0.1, 0.15) is 19.0 Å². The summed E-state index contributed by atoms with van der Waals surface area (Å²) in [4.78, 5) is 0. The van der Waals surface area contributed by atoms with Crippen LogP contribution in [0.4, 0.5) is 0 Å². The molecule has 0 spiro atoms. The zero-order valence-electron chi connectivity index (χ0n) is 18.6. The van der Waals surface area contributed by atoms with Gasteiger partial charge in [-0.15, -0.1) is 0 Å². The molecule has 5 rings (SSSR count). The van der Waals surface area contributed by atoms with Gasteiger partial charge in [-0.25, -0.2) is 0 Å². The Bertz CT molecular complexity index is 1200. The highest BCUT2D eigenvalue weighted by Crippen LogP contribution is 2.38. The number of ether oxygens (including phenoxy) is 3. The lowest BCUT2D eigenvalue weighted by Crippen LogP contribution is -2.15. The van der Waals surface area contributed by atoms with Crippen LogP contribution in [0, 0.1) is 0 Å². The van der Waals surface area contributed by atoms with Gasteiger partial charge in [-0.2, -0.15) is 0 Å². The Balaban J connectivity index is 0.000000174. The zero-order chi connectivity index (χ0) is 22.3. The Morgan fingerprint density at radius 2 is 1.62 bits per heavy atom. The maximum atomic E-state index is 5.71. The van der Waals surface area contributed by atoms with Crippen molar-refractivity contribution in [3.05, 3.63) is 90.0 Å². The van der Waals surface area contributed by atoms with Gasteiger partial charge in [0.25, 0.3) is 0 Å². The van der Waals surface area contributed by atoms with E-state index in [1.807, 2.05) is 36.4 Å². The number of aryl methyl sites for hydroxylation is 1. The molecule has 0 radical (unpaired) electrons. The molecule has 4 heteroatoms. The van der Waals surface area contributed by atoms with Crippen LogP contribution in [-0.4, -0.2) is 20.3 Å². The summed E-state index contributed by atoms with van der Waals surface area (Å²) in [7, 11) is 1.67. The molecule has 4 nitrogen and oxygen atoms in total. The number of benzene rings is 4. The monoisotopic (exact) mass is 427 g/mol. The first kappa shape index (κ1) is 21.7. The fourth-order valence-electron chi connectivity index (χ4n) is 3.92. The molecule has 0 saturated heterocycles. The number of hydrogen-bond donors (Lipinski definition) is 1. The summed E-state index contributed by atoms with van der Waals surface area (Å²) in [5.41, 5.74) is 10.3. The highest BCUT2D eigenvalue weighted by molar-refractivity contribution is 5.85. The molecule has 32 heavy (non-hydrogen) atoms. The lowest BCUT2D eigenvalue weighted by Gasteiger charge is -2.19. The van der Waals surface area contributed by atoms with E-state index < -0.39 is 0 Å². The van der Waals surface area contributed by atoms with Crippen molar-refractivity contribution < 1.29 is 14.2 Å². The predicted octanol–water partition coefficient (Wildman–Crippen LogP) is 5.99. The van der Waals surface area contributed by atoms with E-state index in [9.17, 15) is 0 Å². The molecule has 0 fully saturated rings. The van der Waals surface area contributed by atoms with E-state index in [1.165, 1.54) is 16.3 Å². The van der Waals surface area contributed by atoms with Crippen molar-refractivity contribution in [3.8, 4) is 28.4 Å². The quantitative estimate of drug-likeness (QED) is 0.434. The van der Waals surface area contributed by atoms with Crippen LogP contribution in [0.5, 0.6) is 17.2 Å². The standard InChI is InChI=1S/C16H17NO3.C12H12/c1-18-14-4-2-11(10-17)8-13(14)12-3-5-15-16(9-12)20-7-6-19-15;1-2-10-7-5-8-11-6-3-4-9-12(10)11/h2-5,8-9H,6-7,10,17H2,1H3;3-9H,2H2,1H3. The number of fused-ring (bicyclic) bond motifs is 2. The molecular weight excluding hydrogens is 398 g/mol. The van der Waals surface area contributed by atoms with Crippen molar-refractivity contribution in [2.75, 3.05) is 20.3 Å². The molecule has 2 N–H and O–H groups in total. The zero-order valence-corrected chi connectivity index (χ0v) is 18.6. The minimum absolute atomic E-state index is 0.502. The minimum Gasteiger partial charge on any atom is -0.496 e. The molecule has 4 aromatic carbocycles. The van der Waals surface area contributed by atoms with E-state index in [0.717, 1.165) is 40.4 Å². The molecule has 4 aromatic rings. The molecule has 0 unspecified atom stereocenters. The predicted molar refractivity (Wildman–Crippen MR) is 131 cm³/mol. The summed E-state index contributed by atoms with van der Waals surface area (Å²) in [6.45, 7) is 3.87. The third kappa shape index (κ3) is 4.71. The van der Waals surface area contributed by atoms with Crippen molar-refractivity contribution >= 4 is 10.8 Å². The van der Waals surface area contributed by atoms with E-state index in [1.54, 1.807) is 7.11 Å².